The van der Waals surface area contributed by atoms with Crippen molar-refractivity contribution in [3.63, 3.8) is 0 Å². The molecular weight excluding hydrogens is 657 g/mol. The van der Waals surface area contributed by atoms with Crippen molar-refractivity contribution >= 4 is 40.3 Å². The summed E-state index contributed by atoms with van der Waals surface area (Å²) in [6, 6.07) is 8.71. The molecule has 0 aliphatic heterocycles. The molecule has 3 N–H and O–H groups in total. The van der Waals surface area contributed by atoms with E-state index in [1.54, 1.807) is 31.2 Å². The Labute approximate surface area is 285 Å². The Balaban J connectivity index is 1.16. The number of aryl methyl sites for hydroxylation is 1. The molecule has 1 aromatic carbocycles. The maximum atomic E-state index is 14.2. The van der Waals surface area contributed by atoms with Crippen molar-refractivity contribution < 1.29 is 41.5 Å². The molecule has 4 fully saturated rings. The Morgan fingerprint density at radius 3 is 2.48 bits per heavy atom. The van der Waals surface area contributed by atoms with Crippen molar-refractivity contribution in [1.29, 1.82) is 0 Å². The molecule has 3 atom stereocenters. The lowest BCUT2D eigenvalue weighted by molar-refractivity contribution is -0.278. The van der Waals surface area contributed by atoms with Gasteiger partial charge in [-0.3, -0.25) is 19.2 Å². The number of aromatic nitrogens is 1. The van der Waals surface area contributed by atoms with E-state index in [0.29, 0.717) is 24.0 Å². The van der Waals surface area contributed by atoms with Gasteiger partial charge < -0.3 is 29.7 Å². The number of amides is 3. The van der Waals surface area contributed by atoms with Gasteiger partial charge in [0, 0.05) is 28.8 Å². The first-order chi connectivity index (χ1) is 23.7. The lowest BCUT2D eigenvalue weighted by Crippen LogP contribution is -2.66. The molecule has 3 amide bonds. The van der Waals surface area contributed by atoms with E-state index in [0.717, 1.165) is 16.4 Å². The number of hydrogen-bond acceptors (Lipinski definition) is 7. The van der Waals surface area contributed by atoms with Gasteiger partial charge in [0.05, 0.1) is 12.5 Å². The Morgan fingerprint density at radius 2 is 1.80 bits per heavy atom. The van der Waals surface area contributed by atoms with Crippen LogP contribution in [0.4, 0.5) is 18.9 Å². The average molecular weight is 697 g/mol. The molecule has 2 aromatic heterocycles. The fourth-order valence-corrected chi connectivity index (χ4v) is 8.60. The Bertz CT molecular complexity index is 1900. The van der Waals surface area contributed by atoms with Gasteiger partial charge in [0.1, 0.15) is 23.9 Å². The van der Waals surface area contributed by atoms with Crippen molar-refractivity contribution in [3.05, 3.63) is 76.4 Å². The number of esters is 1. The molecule has 4 aliphatic carbocycles. The second-order valence-electron chi connectivity index (χ2n) is 14.0. The van der Waals surface area contributed by atoms with Gasteiger partial charge in [0.2, 0.25) is 11.8 Å². The van der Waals surface area contributed by atoms with Crippen molar-refractivity contribution in [2.45, 2.75) is 82.6 Å². The molecule has 0 spiro atoms. The van der Waals surface area contributed by atoms with Crippen LogP contribution in [0.1, 0.15) is 67.5 Å². The number of nitrogens with zero attached hydrogens (tertiary/aromatic N) is 1. The molecular formula is C36H39F3N4O7. The number of rotatable bonds is 11. The van der Waals surface area contributed by atoms with Crippen LogP contribution >= 0.6 is 0 Å². The van der Waals surface area contributed by atoms with Crippen molar-refractivity contribution in [1.82, 2.24) is 15.2 Å². The normalized spacial score (nSPS) is 24.7. The minimum atomic E-state index is -4.36. The zero-order valence-electron chi connectivity index (χ0n) is 27.7. The molecule has 4 saturated carbocycles. The van der Waals surface area contributed by atoms with E-state index in [-0.39, 0.29) is 55.4 Å². The highest BCUT2D eigenvalue weighted by molar-refractivity contribution is 6.03. The largest absolute Gasteiger partial charge is 0.466 e. The monoisotopic (exact) mass is 696 g/mol. The van der Waals surface area contributed by atoms with Crippen molar-refractivity contribution in [2.75, 3.05) is 12.4 Å². The third-order valence-electron chi connectivity index (χ3n) is 10.4. The van der Waals surface area contributed by atoms with Crippen LogP contribution in [0.3, 0.4) is 0 Å². The second kappa shape index (κ2) is 13.4. The fourth-order valence-electron chi connectivity index (χ4n) is 8.60. The van der Waals surface area contributed by atoms with E-state index < -0.39 is 59.0 Å². The van der Waals surface area contributed by atoms with Crippen LogP contribution in [0.25, 0.3) is 11.0 Å². The van der Waals surface area contributed by atoms with Crippen LogP contribution in [-0.4, -0.2) is 53.1 Å². The lowest BCUT2D eigenvalue weighted by Gasteiger charge is -2.62. The van der Waals surface area contributed by atoms with Crippen LogP contribution in [0, 0.1) is 24.2 Å². The number of nitrogens with one attached hydrogen (secondary N) is 3. The van der Waals surface area contributed by atoms with E-state index >= 15 is 0 Å². The number of anilines is 1. The Kier molecular flexibility index (Phi) is 9.40. The van der Waals surface area contributed by atoms with Gasteiger partial charge in [-0.25, -0.2) is 4.79 Å². The third-order valence-corrected chi connectivity index (χ3v) is 10.4. The molecule has 2 heterocycles. The van der Waals surface area contributed by atoms with Gasteiger partial charge in [-0.2, -0.15) is 13.2 Å². The summed E-state index contributed by atoms with van der Waals surface area (Å²) in [6.07, 6.45) is 1.61. The van der Waals surface area contributed by atoms with Crippen LogP contribution < -0.4 is 21.5 Å². The minimum absolute atomic E-state index is 0.0161. The molecule has 14 heteroatoms. The lowest BCUT2D eigenvalue weighted by atomic mass is 9.46. The molecule has 0 radical (unpaired) electrons. The third kappa shape index (κ3) is 6.92. The summed E-state index contributed by atoms with van der Waals surface area (Å²) in [5, 5.41) is 8.82. The molecule has 2 unspecified atom stereocenters. The Hall–Kier alpha value is -4.88. The van der Waals surface area contributed by atoms with Gasteiger partial charge in [-0.1, -0.05) is 24.3 Å². The summed E-state index contributed by atoms with van der Waals surface area (Å²) in [5.74, 6) is -2.77. The summed E-state index contributed by atoms with van der Waals surface area (Å²) in [7, 11) is 1.22. The highest BCUT2D eigenvalue weighted by Crippen LogP contribution is 2.66. The minimum Gasteiger partial charge on any atom is -0.466 e. The number of halogens is 3. The van der Waals surface area contributed by atoms with Gasteiger partial charge in [-0.15, -0.1) is 0 Å². The van der Waals surface area contributed by atoms with Gasteiger partial charge in [-0.05, 0) is 88.3 Å². The zero-order valence-corrected chi connectivity index (χ0v) is 27.7. The number of methoxy groups -OCH3 is 1. The topological polar surface area (TPSA) is 149 Å². The van der Waals surface area contributed by atoms with Crippen LogP contribution in [0.15, 0.2) is 64.0 Å². The number of allylic oxidation sites excluding steroid dienone is 1. The number of fused-ring (bicyclic) bond motifs is 1. The predicted octanol–water partition coefficient (Wildman–Crippen LogP) is 5.17. The summed E-state index contributed by atoms with van der Waals surface area (Å²) < 4.78 is 54.1. The smallest absolute Gasteiger partial charge is 0.394 e. The molecule has 7 rings (SSSR count). The summed E-state index contributed by atoms with van der Waals surface area (Å²) in [6.45, 7) is 1.26. The van der Waals surface area contributed by atoms with E-state index in [1.807, 2.05) is 0 Å². The van der Waals surface area contributed by atoms with Gasteiger partial charge >= 0.3 is 12.1 Å². The number of ether oxygens (including phenoxy) is 1. The number of pyridine rings is 1. The van der Waals surface area contributed by atoms with Gasteiger partial charge in [0.15, 0.2) is 5.76 Å². The maximum Gasteiger partial charge on any atom is 0.394 e. The van der Waals surface area contributed by atoms with Crippen LogP contribution in [0.5, 0.6) is 0 Å². The van der Waals surface area contributed by atoms with Crippen molar-refractivity contribution in [2.24, 2.45) is 17.3 Å². The SMILES string of the molecule is COC(=O)/C=C/CC[C@H](NC(=O)c1oc2ccccc2c1C)C(=O)Nc1cccn(CC(=O)NC23CC4CC(C2)CC(C(F)(F)F)(C4)C3)c1=O. The number of benzene rings is 1. The van der Waals surface area contributed by atoms with Crippen LogP contribution in [0.2, 0.25) is 0 Å². The quantitative estimate of drug-likeness (QED) is 0.185. The molecule has 50 heavy (non-hydrogen) atoms. The summed E-state index contributed by atoms with van der Waals surface area (Å²) in [4.78, 5) is 65.1. The molecule has 4 aliphatic rings. The van der Waals surface area contributed by atoms with Gasteiger partial charge in [0.25, 0.3) is 11.5 Å². The number of carbonyl (C=O) groups excluding carboxylic acids is 4. The van der Waals surface area contributed by atoms with Crippen molar-refractivity contribution in [3.8, 4) is 0 Å². The van der Waals surface area contributed by atoms with E-state index in [4.69, 9.17) is 4.42 Å². The Morgan fingerprint density at radius 1 is 1.08 bits per heavy atom. The molecule has 4 bridgehead atoms. The molecule has 11 nitrogen and oxygen atoms in total. The molecule has 266 valence electrons. The van der Waals surface area contributed by atoms with Crippen LogP contribution in [-0.2, 0) is 25.7 Å². The number of carbonyl (C=O) groups is 4. The fraction of sp³-hybridized carbons (Fsp3) is 0.472. The standard InChI is InChI=1S/C36H39F3N4O7/c1-21-24-8-3-5-11-27(24)50-30(21)32(47)40-25(9-4-6-12-29(45)49-2)31(46)41-26-10-7-13-43(33(26)48)19-28(44)42-35-17-22-14-23(18-35)16-34(15-22,20-35)36(37,38)39/h3,5-8,10-13,22-23,25H,4,9,14-20H2,1-2H3,(H,40,47)(H,41,46)(H,42,44)/b12-6+/t22?,23?,25-,34?,35?/m0/s1. The number of alkyl halides is 3. The number of para-hydroxylation sites is 1. The first-order valence-corrected chi connectivity index (χ1v) is 16.6. The second-order valence-corrected chi connectivity index (χ2v) is 14.0. The predicted molar refractivity (Wildman–Crippen MR) is 176 cm³/mol. The summed E-state index contributed by atoms with van der Waals surface area (Å²) >= 11 is 0. The number of hydrogen-bond donors (Lipinski definition) is 3. The van der Waals surface area contributed by atoms with E-state index in [9.17, 15) is 37.1 Å². The first kappa shape index (κ1) is 35.0. The van der Waals surface area contributed by atoms with E-state index in [1.165, 1.54) is 37.6 Å². The zero-order chi connectivity index (χ0) is 35.8. The number of furan rings is 1. The highest BCUT2D eigenvalue weighted by atomic mass is 19.4. The highest BCUT2D eigenvalue weighted by Gasteiger charge is 2.67. The molecule has 3 aromatic rings. The van der Waals surface area contributed by atoms with E-state index in [2.05, 4.69) is 20.7 Å². The average Bonchev–Trinajstić information content (AvgIpc) is 3.39. The maximum absolute atomic E-state index is 14.2. The molecule has 0 saturated heterocycles. The summed E-state index contributed by atoms with van der Waals surface area (Å²) in [5.41, 5.74) is -2.58. The first-order valence-electron chi connectivity index (χ1n) is 16.6.